The maximum absolute atomic E-state index is 13.0. The van der Waals surface area contributed by atoms with Gasteiger partial charge in [-0.2, -0.15) is 5.10 Å². The summed E-state index contributed by atoms with van der Waals surface area (Å²) in [5.41, 5.74) is 0.798. The molecule has 10 nitrogen and oxygen atoms in total. The molecule has 34 heavy (non-hydrogen) atoms. The largest absolute Gasteiger partial charge is 0.389 e. The van der Waals surface area contributed by atoms with Gasteiger partial charge in [0.25, 0.3) is 5.91 Å². The van der Waals surface area contributed by atoms with Crippen molar-refractivity contribution in [3.63, 3.8) is 0 Å². The third-order valence-corrected chi connectivity index (χ3v) is 7.96. The van der Waals surface area contributed by atoms with E-state index in [-0.39, 0.29) is 29.3 Å². The van der Waals surface area contributed by atoms with Gasteiger partial charge < -0.3 is 9.67 Å². The summed E-state index contributed by atoms with van der Waals surface area (Å²) in [4.78, 5) is 19.0. The number of nitrogens with one attached hydrogen (secondary N) is 3. The fourth-order valence-corrected chi connectivity index (χ4v) is 5.78. The monoisotopic (exact) mass is 500 g/mol. The molecule has 4 aromatic rings. The number of benzene rings is 1. The molecule has 1 aliphatic rings. The molecule has 5 rings (SSSR count). The molecule has 3 aromatic heterocycles. The van der Waals surface area contributed by atoms with Crippen molar-refractivity contribution in [2.24, 2.45) is 0 Å². The molecule has 1 fully saturated rings. The summed E-state index contributed by atoms with van der Waals surface area (Å²) in [6.45, 7) is 3.45. The fraction of sp³-hybridized carbons (Fsp3) is 0.318. The fourth-order valence-electron chi connectivity index (χ4n) is 3.57. The summed E-state index contributed by atoms with van der Waals surface area (Å²) in [6, 6.07) is 8.19. The van der Waals surface area contributed by atoms with E-state index < -0.39 is 15.6 Å². The van der Waals surface area contributed by atoms with Crippen molar-refractivity contribution in [3.05, 3.63) is 47.6 Å². The normalized spacial score (nSPS) is 14.6. The van der Waals surface area contributed by atoms with Crippen LogP contribution in [0.2, 0.25) is 0 Å². The van der Waals surface area contributed by atoms with Crippen molar-refractivity contribution < 1.29 is 18.3 Å². The standard InChI is InChI=1S/C22H24N6O4S2/c1-22(2,30)12-28-17-6-5-15(34(31,32)27-14-3-4-14)9-16(17)25-21(28)26-20(29)19-8-7-18(33-19)13-10-23-24-11-13/h5-11,14,27,30H,3-4,12H2,1-2H3,(H,23,24)(H,25,26,29). The zero-order valence-corrected chi connectivity index (χ0v) is 20.2. The van der Waals surface area contributed by atoms with Gasteiger partial charge in [-0.1, -0.05) is 0 Å². The van der Waals surface area contributed by atoms with Crippen molar-refractivity contribution in [1.29, 1.82) is 0 Å². The average molecular weight is 501 g/mol. The Morgan fingerprint density at radius 3 is 2.76 bits per heavy atom. The van der Waals surface area contributed by atoms with Crippen molar-refractivity contribution in [2.75, 3.05) is 5.32 Å². The van der Waals surface area contributed by atoms with Gasteiger partial charge in [0.05, 0.1) is 39.1 Å². The quantitative estimate of drug-likeness (QED) is 0.293. The molecule has 3 heterocycles. The maximum Gasteiger partial charge on any atom is 0.268 e. The number of rotatable bonds is 8. The predicted octanol–water partition coefficient (Wildman–Crippen LogP) is 2.95. The van der Waals surface area contributed by atoms with Crippen LogP contribution in [0, 0.1) is 0 Å². The lowest BCUT2D eigenvalue weighted by Crippen LogP contribution is -2.27. The zero-order chi connectivity index (χ0) is 24.1. The molecule has 178 valence electrons. The Morgan fingerprint density at radius 2 is 2.09 bits per heavy atom. The molecule has 1 aliphatic carbocycles. The summed E-state index contributed by atoms with van der Waals surface area (Å²) in [6.07, 6.45) is 5.10. The van der Waals surface area contributed by atoms with Gasteiger partial charge >= 0.3 is 0 Å². The highest BCUT2D eigenvalue weighted by molar-refractivity contribution is 7.89. The van der Waals surface area contributed by atoms with Crippen LogP contribution >= 0.6 is 11.3 Å². The van der Waals surface area contributed by atoms with Crippen LogP contribution in [0.15, 0.2) is 47.6 Å². The van der Waals surface area contributed by atoms with E-state index in [0.29, 0.717) is 15.9 Å². The number of fused-ring (bicyclic) bond motifs is 1. The Hall–Kier alpha value is -3.06. The minimum atomic E-state index is -3.65. The number of nitrogens with zero attached hydrogens (tertiary/aromatic N) is 3. The molecular weight excluding hydrogens is 476 g/mol. The number of hydrogen-bond acceptors (Lipinski definition) is 7. The smallest absolute Gasteiger partial charge is 0.268 e. The third-order valence-electron chi connectivity index (χ3n) is 5.31. The van der Waals surface area contributed by atoms with E-state index in [1.54, 1.807) is 42.9 Å². The number of imidazole rings is 1. The Bertz CT molecular complexity index is 1460. The van der Waals surface area contributed by atoms with Crippen LogP contribution in [0.25, 0.3) is 21.5 Å². The Balaban J connectivity index is 1.48. The molecule has 0 unspecified atom stereocenters. The molecule has 4 N–H and O–H groups in total. The second-order valence-electron chi connectivity index (χ2n) is 8.99. The lowest BCUT2D eigenvalue weighted by Gasteiger charge is -2.20. The van der Waals surface area contributed by atoms with E-state index in [2.05, 4.69) is 25.2 Å². The SMILES string of the molecule is CC(C)(O)Cn1c(NC(=O)c2ccc(-c3cn[nH]c3)s2)nc2cc(S(=O)(=O)NC3CC3)ccc21. The molecule has 0 bridgehead atoms. The Labute approximate surface area is 200 Å². The average Bonchev–Trinajstić information content (AvgIpc) is 3.17. The highest BCUT2D eigenvalue weighted by atomic mass is 32.2. The number of thiophene rings is 1. The predicted molar refractivity (Wildman–Crippen MR) is 129 cm³/mol. The van der Waals surface area contributed by atoms with Crippen LogP contribution in [-0.2, 0) is 16.6 Å². The molecule has 1 amide bonds. The summed E-state index contributed by atoms with van der Waals surface area (Å²) in [5, 5.41) is 20.0. The van der Waals surface area contributed by atoms with Gasteiger partial charge in [-0.15, -0.1) is 11.3 Å². The molecule has 0 radical (unpaired) electrons. The highest BCUT2D eigenvalue weighted by Crippen LogP contribution is 2.30. The van der Waals surface area contributed by atoms with E-state index in [4.69, 9.17) is 0 Å². The minimum Gasteiger partial charge on any atom is -0.389 e. The summed E-state index contributed by atoms with van der Waals surface area (Å²) >= 11 is 1.32. The number of aliphatic hydroxyl groups is 1. The van der Waals surface area contributed by atoms with Crippen molar-refractivity contribution >= 4 is 44.2 Å². The summed E-state index contributed by atoms with van der Waals surface area (Å²) in [7, 11) is -3.65. The number of anilines is 1. The van der Waals surface area contributed by atoms with Gasteiger partial charge in [0, 0.05) is 22.7 Å². The van der Waals surface area contributed by atoms with Crippen LogP contribution in [0.4, 0.5) is 5.95 Å². The molecule has 0 aliphatic heterocycles. The number of carbonyl (C=O) groups excluding carboxylic acids is 1. The van der Waals surface area contributed by atoms with E-state index in [1.165, 1.54) is 23.5 Å². The first-order valence-corrected chi connectivity index (χ1v) is 13.0. The lowest BCUT2D eigenvalue weighted by atomic mass is 10.1. The van der Waals surface area contributed by atoms with Gasteiger partial charge in [0.15, 0.2) is 0 Å². The van der Waals surface area contributed by atoms with Crippen LogP contribution in [-0.4, -0.2) is 50.8 Å². The Morgan fingerprint density at radius 1 is 1.29 bits per heavy atom. The first-order chi connectivity index (χ1) is 16.1. The number of H-pyrrole nitrogens is 1. The first-order valence-electron chi connectivity index (χ1n) is 10.7. The van der Waals surface area contributed by atoms with Gasteiger partial charge in [0.2, 0.25) is 16.0 Å². The molecule has 1 aromatic carbocycles. The molecule has 0 saturated heterocycles. The topological polar surface area (TPSA) is 142 Å². The maximum atomic E-state index is 13.0. The molecule has 0 atom stereocenters. The number of aromatic amines is 1. The van der Waals surface area contributed by atoms with Crippen molar-refractivity contribution in [3.8, 4) is 10.4 Å². The summed E-state index contributed by atoms with van der Waals surface area (Å²) in [5.74, 6) is -0.125. The number of amides is 1. The second-order valence-corrected chi connectivity index (χ2v) is 11.8. The van der Waals surface area contributed by atoms with Gasteiger partial charge in [-0.3, -0.25) is 15.2 Å². The molecular formula is C22H24N6O4S2. The third kappa shape index (κ3) is 4.75. The van der Waals surface area contributed by atoms with E-state index in [9.17, 15) is 18.3 Å². The van der Waals surface area contributed by atoms with Crippen LogP contribution in [0.3, 0.4) is 0 Å². The number of aromatic nitrogens is 4. The number of sulfonamides is 1. The zero-order valence-electron chi connectivity index (χ0n) is 18.6. The second kappa shape index (κ2) is 8.31. The van der Waals surface area contributed by atoms with E-state index in [1.807, 2.05) is 6.07 Å². The number of hydrogen-bond donors (Lipinski definition) is 4. The molecule has 12 heteroatoms. The molecule has 0 spiro atoms. The van der Waals surface area contributed by atoms with Gasteiger partial charge in [-0.25, -0.2) is 18.1 Å². The number of carbonyl (C=O) groups is 1. The highest BCUT2D eigenvalue weighted by Gasteiger charge is 2.29. The van der Waals surface area contributed by atoms with E-state index in [0.717, 1.165) is 23.3 Å². The van der Waals surface area contributed by atoms with E-state index >= 15 is 0 Å². The molecule has 1 saturated carbocycles. The summed E-state index contributed by atoms with van der Waals surface area (Å²) < 4.78 is 29.6. The minimum absolute atomic E-state index is 0.0129. The van der Waals surface area contributed by atoms with Crippen molar-refractivity contribution in [1.82, 2.24) is 24.5 Å². The van der Waals surface area contributed by atoms with Crippen LogP contribution in [0.5, 0.6) is 0 Å². The van der Waals surface area contributed by atoms with Crippen molar-refractivity contribution in [2.45, 2.75) is 49.8 Å². The Kier molecular flexibility index (Phi) is 5.55. The lowest BCUT2D eigenvalue weighted by molar-refractivity contribution is 0.0630. The van der Waals surface area contributed by atoms with Crippen LogP contribution < -0.4 is 10.0 Å². The first kappa shape index (κ1) is 22.7. The van der Waals surface area contributed by atoms with Crippen LogP contribution in [0.1, 0.15) is 36.4 Å². The van der Waals surface area contributed by atoms with Gasteiger partial charge in [-0.05, 0) is 57.0 Å². The van der Waals surface area contributed by atoms with Gasteiger partial charge in [0.1, 0.15) is 0 Å².